The molecule has 15 rings (SSSR count). The largest absolute Gasteiger partial charge is 0.469 e. The van der Waals surface area contributed by atoms with E-state index in [-0.39, 0.29) is 47.4 Å². The second-order valence-corrected chi connectivity index (χ2v) is 28.0. The molecule has 6 aliphatic heterocycles. The number of carbonyl (C=O) groups is 3. The van der Waals surface area contributed by atoms with Crippen molar-refractivity contribution in [2.24, 2.45) is 80.3 Å². The van der Waals surface area contributed by atoms with Gasteiger partial charge in [0.25, 0.3) is 0 Å². The van der Waals surface area contributed by atoms with Crippen LogP contribution in [0.15, 0.2) is 59.4 Å². The minimum Gasteiger partial charge on any atom is -0.469 e. The highest BCUT2D eigenvalue weighted by Crippen LogP contribution is 2.84. The minimum atomic E-state index is -1.45. The summed E-state index contributed by atoms with van der Waals surface area (Å²) in [5.41, 5.74) is -4.06. The second-order valence-electron chi connectivity index (χ2n) is 28.0. The minimum absolute atomic E-state index is 0.0126. The standard InChI is InChI=1S/C62H80N2O10/c1-56(2)49-48(66)50(67)61(39-13-9-12-36(27-39)26-35-10-5-4-6-11-35)47(60(49)33-71-55(69)59(54(60)74-56)23-22-58(32-59)19-7-8-20-58)16-21-57(3)51(72-53(68)52-62(57,61)73-52)40-18-25-70-46(40)30-43-41-28-38-17-24-64-34-63-31-44(64)42(38)29-37(41)14-15-45(43)65/h4-6,10-11,17-18,24-25,36-39,41-45,47,49-52,54,63,65,67H,7-9,12-16,19-23,26-34H2,1-3H3. The lowest BCUT2D eigenvalue weighted by Crippen LogP contribution is -2.80. The number of hydrogen-bond acceptors (Lipinski definition) is 12. The van der Waals surface area contributed by atoms with Gasteiger partial charge in [-0.05, 0) is 174 Å². The number of benzene rings is 1. The zero-order chi connectivity index (χ0) is 50.4. The van der Waals surface area contributed by atoms with Crippen molar-refractivity contribution >= 4 is 17.7 Å². The molecule has 7 aliphatic carbocycles. The van der Waals surface area contributed by atoms with Gasteiger partial charge in [-0.3, -0.25) is 14.9 Å². The molecule has 0 radical (unpaired) electrons. The fourth-order valence-corrected chi connectivity index (χ4v) is 22.2. The van der Waals surface area contributed by atoms with Gasteiger partial charge in [0.05, 0.1) is 42.1 Å². The Balaban J connectivity index is 0.845. The Bertz CT molecular complexity index is 2640. The number of ketones is 1. The number of ether oxygens (including phenoxy) is 4. The van der Waals surface area contributed by atoms with Crippen molar-refractivity contribution in [3.05, 3.63) is 71.8 Å². The van der Waals surface area contributed by atoms with Gasteiger partial charge in [0, 0.05) is 40.8 Å². The number of hydrogen-bond donors (Lipinski definition) is 3. The van der Waals surface area contributed by atoms with Gasteiger partial charge in [-0.25, -0.2) is 4.79 Å². The zero-order valence-corrected chi connectivity index (χ0v) is 44.0. The number of esters is 2. The SMILES string of the molecule is CC1(C)OC2C3(CCC4(CCCC4)C3)C(=O)OCC23C1C(=O)C(O)C1(C2CCCC(Cc4ccccc4)C2)C3CCC2(C)C(c3ccoc3CC3C(O)CCC4CC5C(C=CN6CNCC56)CC43)OC(=O)C3OC321. The molecule has 4 spiro atoms. The molecule has 7 heterocycles. The second kappa shape index (κ2) is 16.3. The van der Waals surface area contributed by atoms with E-state index in [0.717, 1.165) is 108 Å². The van der Waals surface area contributed by atoms with Crippen LogP contribution in [0.4, 0.5) is 0 Å². The molecule has 398 valence electrons. The van der Waals surface area contributed by atoms with Gasteiger partial charge in [-0.15, -0.1) is 0 Å². The summed E-state index contributed by atoms with van der Waals surface area (Å²) in [6, 6.07) is 13.2. The van der Waals surface area contributed by atoms with E-state index in [1.54, 1.807) is 6.26 Å². The quantitative estimate of drug-likeness (QED) is 0.187. The number of rotatable bonds is 6. The lowest BCUT2D eigenvalue weighted by Gasteiger charge is -2.70. The molecule has 3 N–H and O–H groups in total. The van der Waals surface area contributed by atoms with E-state index in [1.165, 1.54) is 12.0 Å². The van der Waals surface area contributed by atoms with Gasteiger partial charge >= 0.3 is 11.9 Å². The third-order valence-electron chi connectivity index (χ3n) is 24.8. The van der Waals surface area contributed by atoms with Crippen molar-refractivity contribution in [3.63, 3.8) is 0 Å². The Labute approximate surface area is 436 Å². The first-order valence-electron chi connectivity index (χ1n) is 29.6. The zero-order valence-electron chi connectivity index (χ0n) is 44.0. The van der Waals surface area contributed by atoms with Gasteiger partial charge in [0.15, 0.2) is 11.9 Å². The van der Waals surface area contributed by atoms with Crippen molar-refractivity contribution < 1.29 is 48.0 Å². The number of Topliss-reactive ketones (excluding diaryl/α,β-unsaturated/α-hetero) is 1. The summed E-state index contributed by atoms with van der Waals surface area (Å²) in [5, 5.41) is 29.5. The summed E-state index contributed by atoms with van der Waals surface area (Å²) in [6.07, 6.45) is 19.2. The molecule has 13 aliphatic rings. The van der Waals surface area contributed by atoms with Crippen LogP contribution in [0.2, 0.25) is 0 Å². The Morgan fingerprint density at radius 1 is 0.824 bits per heavy atom. The maximum absolute atomic E-state index is 16.3. The van der Waals surface area contributed by atoms with Crippen LogP contribution in [0.1, 0.15) is 153 Å². The predicted molar refractivity (Wildman–Crippen MR) is 271 cm³/mol. The third-order valence-corrected chi connectivity index (χ3v) is 24.8. The maximum Gasteiger partial charge on any atom is 0.339 e. The molecule has 7 saturated carbocycles. The Kier molecular flexibility index (Phi) is 10.5. The van der Waals surface area contributed by atoms with Crippen LogP contribution >= 0.6 is 0 Å². The lowest BCUT2D eigenvalue weighted by atomic mass is 9.32. The van der Waals surface area contributed by atoms with Crippen LogP contribution in [0, 0.1) is 80.3 Å². The van der Waals surface area contributed by atoms with Gasteiger partial charge in [0.1, 0.15) is 30.2 Å². The van der Waals surface area contributed by atoms with E-state index in [4.69, 9.17) is 23.4 Å². The number of nitrogens with one attached hydrogen (secondary N) is 1. The smallest absolute Gasteiger partial charge is 0.339 e. The highest BCUT2D eigenvalue weighted by molar-refractivity contribution is 5.93. The average molecular weight is 1010 g/mol. The number of fused-ring (bicyclic) bond motifs is 6. The highest BCUT2D eigenvalue weighted by Gasteiger charge is 2.94. The molecular weight excluding hydrogens is 933 g/mol. The van der Waals surface area contributed by atoms with Crippen molar-refractivity contribution in [2.75, 3.05) is 19.8 Å². The molecule has 0 bridgehead atoms. The van der Waals surface area contributed by atoms with E-state index in [0.29, 0.717) is 61.8 Å². The molecule has 1 aromatic heterocycles. The fourth-order valence-electron chi connectivity index (χ4n) is 22.2. The number of epoxide rings is 1. The monoisotopic (exact) mass is 1010 g/mol. The molecule has 5 saturated heterocycles. The number of allylic oxidation sites excluding steroid dienone is 1. The maximum atomic E-state index is 16.3. The van der Waals surface area contributed by atoms with Crippen molar-refractivity contribution in [2.45, 2.75) is 191 Å². The molecule has 12 fully saturated rings. The molecule has 12 nitrogen and oxygen atoms in total. The van der Waals surface area contributed by atoms with Crippen LogP contribution < -0.4 is 5.32 Å². The van der Waals surface area contributed by atoms with Gasteiger partial charge in [0.2, 0.25) is 0 Å². The molecule has 74 heavy (non-hydrogen) atoms. The highest BCUT2D eigenvalue weighted by atomic mass is 16.7. The molecule has 12 heteroatoms. The summed E-state index contributed by atoms with van der Waals surface area (Å²) in [7, 11) is 0. The van der Waals surface area contributed by atoms with Crippen LogP contribution in [0.25, 0.3) is 0 Å². The Morgan fingerprint density at radius 3 is 2.50 bits per heavy atom. The van der Waals surface area contributed by atoms with E-state index < -0.39 is 75.3 Å². The van der Waals surface area contributed by atoms with Gasteiger partial charge < -0.3 is 38.5 Å². The molecule has 20 unspecified atom stereocenters. The van der Waals surface area contributed by atoms with Crippen molar-refractivity contribution in [1.29, 1.82) is 0 Å². The van der Waals surface area contributed by atoms with E-state index in [9.17, 15) is 15.0 Å². The normalized spacial score (nSPS) is 49.9. The van der Waals surface area contributed by atoms with E-state index >= 15 is 9.59 Å². The third kappa shape index (κ3) is 6.07. The number of furan rings is 1. The first kappa shape index (κ1) is 47.6. The topological polar surface area (TPSA) is 160 Å². The van der Waals surface area contributed by atoms with E-state index in [1.807, 2.05) is 19.9 Å². The summed E-state index contributed by atoms with van der Waals surface area (Å²) < 4.78 is 34.9. The van der Waals surface area contributed by atoms with Crippen LogP contribution in [0.3, 0.4) is 0 Å². The lowest BCUT2D eigenvalue weighted by molar-refractivity contribution is -0.286. The molecule has 0 amide bonds. The number of carbonyl (C=O) groups excluding carboxylic acids is 3. The Morgan fingerprint density at radius 2 is 1.66 bits per heavy atom. The summed E-state index contributed by atoms with van der Waals surface area (Å²) >= 11 is 0. The van der Waals surface area contributed by atoms with E-state index in [2.05, 4.69) is 59.7 Å². The molecule has 20 atom stereocenters. The van der Waals surface area contributed by atoms with Crippen LogP contribution in [-0.2, 0) is 46.2 Å². The summed E-state index contributed by atoms with van der Waals surface area (Å²) in [6.45, 7) is 8.26. The van der Waals surface area contributed by atoms with Gasteiger partial charge in [-0.2, -0.15) is 0 Å². The number of nitrogens with zero attached hydrogens (tertiary/aromatic N) is 1. The Hall–Kier alpha value is -3.55. The van der Waals surface area contributed by atoms with Crippen molar-refractivity contribution in [1.82, 2.24) is 10.2 Å². The number of cyclic esters (lactones) is 2. The number of aliphatic hydroxyl groups is 2. The van der Waals surface area contributed by atoms with Crippen molar-refractivity contribution in [3.8, 4) is 0 Å². The molecular formula is C62H80N2O10. The summed E-state index contributed by atoms with van der Waals surface area (Å²) in [4.78, 5) is 48.8. The summed E-state index contributed by atoms with van der Waals surface area (Å²) in [5.74, 6) is 0.839. The average Bonchev–Trinajstić information content (AvgIpc) is 4.00. The fraction of sp³-hybridized carbons (Fsp3) is 0.758. The number of aliphatic hydroxyl groups excluding tert-OH is 2. The van der Waals surface area contributed by atoms with Gasteiger partial charge in [-0.1, -0.05) is 69.0 Å². The molecule has 1 aromatic carbocycles. The van der Waals surface area contributed by atoms with Crippen LogP contribution in [0.5, 0.6) is 0 Å². The predicted octanol–water partition coefficient (Wildman–Crippen LogP) is 8.81. The first-order valence-corrected chi connectivity index (χ1v) is 29.6. The van der Waals surface area contributed by atoms with Crippen LogP contribution in [-0.4, -0.2) is 94.3 Å². The first-order chi connectivity index (χ1) is 35.7. The molecule has 2 aromatic rings.